The van der Waals surface area contributed by atoms with Crippen LogP contribution in [0.4, 0.5) is 22.0 Å². The van der Waals surface area contributed by atoms with E-state index in [0.717, 1.165) is 71.0 Å². The van der Waals surface area contributed by atoms with Crippen LogP contribution in [-0.4, -0.2) is 25.3 Å². The first-order valence-electron chi connectivity index (χ1n) is 10.3. The van der Waals surface area contributed by atoms with Crippen LogP contribution in [0.25, 0.3) is 0 Å². The molecule has 6 heteroatoms. The van der Waals surface area contributed by atoms with Crippen LogP contribution in [0.15, 0.2) is 12.2 Å². The van der Waals surface area contributed by atoms with Gasteiger partial charge < -0.3 is 4.74 Å². The highest BCUT2D eigenvalue weighted by atomic mass is 19.4. The lowest BCUT2D eigenvalue weighted by atomic mass is 10.0. The fraction of sp³-hybridized carbons (Fsp3) is 0.905. The van der Waals surface area contributed by atoms with Crippen molar-refractivity contribution in [3.05, 3.63) is 12.2 Å². The Hall–Kier alpha value is -0.650. The van der Waals surface area contributed by atoms with E-state index in [9.17, 15) is 22.0 Å². The van der Waals surface area contributed by atoms with E-state index in [2.05, 4.69) is 26.0 Å². The van der Waals surface area contributed by atoms with Gasteiger partial charge in [-0.2, -0.15) is 22.0 Å². The lowest BCUT2D eigenvalue weighted by Crippen LogP contribution is -2.36. The van der Waals surface area contributed by atoms with Crippen molar-refractivity contribution >= 4 is 0 Å². The molecule has 1 nitrogen and oxygen atoms in total. The van der Waals surface area contributed by atoms with Gasteiger partial charge in [-0.1, -0.05) is 58.1 Å². The van der Waals surface area contributed by atoms with Crippen LogP contribution in [0, 0.1) is 5.92 Å². The fourth-order valence-corrected chi connectivity index (χ4v) is 2.59. The number of hydrogen-bond donors (Lipinski definition) is 0. The fourth-order valence-electron chi connectivity index (χ4n) is 2.59. The highest BCUT2D eigenvalue weighted by Crippen LogP contribution is 2.39. The lowest BCUT2D eigenvalue weighted by molar-refractivity contribution is -0.284. The zero-order valence-corrected chi connectivity index (χ0v) is 16.9. The van der Waals surface area contributed by atoms with Gasteiger partial charge in [0.1, 0.15) is 0 Å². The third kappa shape index (κ3) is 16.0. The monoisotopic (exact) mass is 400 g/mol. The number of rotatable bonds is 17. The van der Waals surface area contributed by atoms with Crippen molar-refractivity contribution in [1.82, 2.24) is 0 Å². The van der Waals surface area contributed by atoms with Crippen molar-refractivity contribution in [1.29, 1.82) is 0 Å². The van der Waals surface area contributed by atoms with Crippen LogP contribution >= 0.6 is 0 Å². The second-order valence-electron chi connectivity index (χ2n) is 7.62. The Morgan fingerprint density at radius 2 is 1.22 bits per heavy atom. The van der Waals surface area contributed by atoms with Crippen molar-refractivity contribution in [2.45, 2.75) is 103 Å². The molecule has 0 aliphatic heterocycles. The maximum Gasteiger partial charge on any atom is 0.453 e. The number of allylic oxidation sites excluding steroid dienone is 2. The summed E-state index contributed by atoms with van der Waals surface area (Å²) in [4.78, 5) is 0. The summed E-state index contributed by atoms with van der Waals surface area (Å²) < 4.78 is 66.9. The normalized spacial score (nSPS) is 13.2. The van der Waals surface area contributed by atoms with E-state index in [1.54, 1.807) is 0 Å². The maximum absolute atomic E-state index is 12.7. The molecule has 27 heavy (non-hydrogen) atoms. The topological polar surface area (TPSA) is 9.23 Å². The zero-order chi connectivity index (χ0) is 20.6. The Balaban J connectivity index is 3.31. The van der Waals surface area contributed by atoms with E-state index < -0.39 is 18.5 Å². The molecule has 0 N–H and O–H groups in total. The number of hydrogen-bond acceptors (Lipinski definition) is 1. The van der Waals surface area contributed by atoms with Gasteiger partial charge in [0, 0.05) is 19.6 Å². The molecule has 0 atom stereocenters. The number of halogens is 5. The molecule has 0 heterocycles. The number of unbranched alkanes of at least 4 members (excludes halogenated alkanes) is 8. The van der Waals surface area contributed by atoms with Crippen molar-refractivity contribution < 1.29 is 26.7 Å². The Labute approximate surface area is 161 Å². The van der Waals surface area contributed by atoms with Gasteiger partial charge in [0.25, 0.3) is 0 Å². The zero-order valence-electron chi connectivity index (χ0n) is 16.9. The van der Waals surface area contributed by atoms with Crippen LogP contribution < -0.4 is 0 Å². The molecule has 162 valence electrons. The van der Waals surface area contributed by atoms with Crippen LogP contribution in [0.1, 0.15) is 90.9 Å². The van der Waals surface area contributed by atoms with Crippen LogP contribution in [0.5, 0.6) is 0 Å². The van der Waals surface area contributed by atoms with E-state index in [-0.39, 0.29) is 6.42 Å². The van der Waals surface area contributed by atoms with Gasteiger partial charge in [-0.3, -0.25) is 0 Å². The molecular weight excluding hydrogens is 363 g/mol. The van der Waals surface area contributed by atoms with Crippen molar-refractivity contribution in [2.24, 2.45) is 5.92 Å². The third-order valence-corrected chi connectivity index (χ3v) is 4.44. The molecule has 0 aliphatic carbocycles. The quantitative estimate of drug-likeness (QED) is 0.136. The Morgan fingerprint density at radius 3 is 1.78 bits per heavy atom. The highest BCUT2D eigenvalue weighted by molar-refractivity contribution is 4.81. The molecule has 0 unspecified atom stereocenters. The summed E-state index contributed by atoms with van der Waals surface area (Å²) in [5, 5.41) is 0. The Morgan fingerprint density at radius 1 is 0.704 bits per heavy atom. The minimum Gasteiger partial charge on any atom is -0.381 e. The molecule has 0 bridgehead atoms. The minimum absolute atomic E-state index is 0.0730. The van der Waals surface area contributed by atoms with Crippen LogP contribution in [0.2, 0.25) is 0 Å². The molecule has 0 saturated carbocycles. The summed E-state index contributed by atoms with van der Waals surface area (Å²) in [5.74, 6) is -3.86. The van der Waals surface area contributed by atoms with Gasteiger partial charge in [-0.25, -0.2) is 0 Å². The molecule has 0 aromatic heterocycles. The maximum atomic E-state index is 12.7. The average molecular weight is 401 g/mol. The molecule has 0 saturated heterocycles. The largest absolute Gasteiger partial charge is 0.453 e. The van der Waals surface area contributed by atoms with E-state index in [0.29, 0.717) is 12.3 Å². The van der Waals surface area contributed by atoms with E-state index in [1.165, 1.54) is 0 Å². The molecule has 0 radical (unpaired) electrons. The lowest BCUT2D eigenvalue weighted by Gasteiger charge is -2.19. The van der Waals surface area contributed by atoms with Crippen LogP contribution in [-0.2, 0) is 4.74 Å². The first-order valence-corrected chi connectivity index (χ1v) is 10.3. The number of ether oxygens (including phenoxy) is 1. The average Bonchev–Trinajstić information content (AvgIpc) is 2.56. The summed E-state index contributed by atoms with van der Waals surface area (Å²) in [7, 11) is 0. The molecular formula is C21H37F5O. The predicted molar refractivity (Wildman–Crippen MR) is 101 cm³/mol. The standard InChI is InChI=1S/C21H37F5O/c1-19(2)15-18-27-17-14-12-10-8-6-4-3-5-7-9-11-13-16-20(22,23)21(24,25)26/h8,10,19H,3-7,9,11-18H2,1-2H3/b10-8+. The third-order valence-electron chi connectivity index (χ3n) is 4.44. The second kappa shape index (κ2) is 15.3. The summed E-state index contributed by atoms with van der Waals surface area (Å²) >= 11 is 0. The summed E-state index contributed by atoms with van der Waals surface area (Å²) in [6, 6.07) is 0. The van der Waals surface area contributed by atoms with Gasteiger partial charge in [0.15, 0.2) is 0 Å². The van der Waals surface area contributed by atoms with Gasteiger partial charge in [0.05, 0.1) is 0 Å². The second-order valence-corrected chi connectivity index (χ2v) is 7.62. The first-order chi connectivity index (χ1) is 12.7. The molecule has 0 aromatic carbocycles. The minimum atomic E-state index is -5.42. The Kier molecular flexibility index (Phi) is 14.9. The molecule has 0 amide bonds. The highest BCUT2D eigenvalue weighted by Gasteiger charge is 2.56. The Bertz CT molecular complexity index is 364. The van der Waals surface area contributed by atoms with Gasteiger partial charge in [-0.05, 0) is 44.4 Å². The summed E-state index contributed by atoms with van der Waals surface area (Å²) in [6.07, 6.45) is 7.23. The van der Waals surface area contributed by atoms with Gasteiger partial charge >= 0.3 is 12.1 Å². The predicted octanol–water partition coefficient (Wildman–Crippen LogP) is 8.09. The molecule has 0 aromatic rings. The van der Waals surface area contributed by atoms with Crippen molar-refractivity contribution in [3.8, 4) is 0 Å². The smallest absolute Gasteiger partial charge is 0.381 e. The summed E-state index contributed by atoms with van der Waals surface area (Å²) in [6.45, 7) is 6.02. The molecule has 0 fully saturated rings. The van der Waals surface area contributed by atoms with E-state index >= 15 is 0 Å². The molecule has 0 spiro atoms. The van der Waals surface area contributed by atoms with E-state index in [1.807, 2.05) is 0 Å². The van der Waals surface area contributed by atoms with Gasteiger partial charge in [-0.15, -0.1) is 0 Å². The van der Waals surface area contributed by atoms with E-state index in [4.69, 9.17) is 4.74 Å². The molecule has 0 rings (SSSR count). The van der Waals surface area contributed by atoms with Crippen LogP contribution in [0.3, 0.4) is 0 Å². The van der Waals surface area contributed by atoms with Crippen molar-refractivity contribution in [2.75, 3.05) is 13.2 Å². The molecule has 0 aliphatic rings. The van der Waals surface area contributed by atoms with Gasteiger partial charge in [0.2, 0.25) is 0 Å². The van der Waals surface area contributed by atoms with Crippen molar-refractivity contribution in [3.63, 3.8) is 0 Å². The first kappa shape index (κ1) is 26.4. The number of alkyl halides is 5. The summed E-state index contributed by atoms with van der Waals surface area (Å²) in [5.41, 5.74) is 0. The SMILES string of the molecule is CC(C)CCOCCC/C=C/CCCCCCCCCC(F)(F)C(F)(F)F.